The van der Waals surface area contributed by atoms with Gasteiger partial charge in [-0.25, -0.2) is 0 Å². The van der Waals surface area contributed by atoms with E-state index in [1.165, 1.54) is 0 Å². The number of amides is 1. The summed E-state index contributed by atoms with van der Waals surface area (Å²) in [5.41, 5.74) is 2.43. The summed E-state index contributed by atoms with van der Waals surface area (Å²) in [6.45, 7) is 8.66. The number of nitriles is 1. The van der Waals surface area contributed by atoms with Crippen molar-refractivity contribution in [3.63, 3.8) is 0 Å². The van der Waals surface area contributed by atoms with Crippen molar-refractivity contribution in [1.29, 1.82) is 5.26 Å². The van der Waals surface area contributed by atoms with Gasteiger partial charge in [0, 0.05) is 46.2 Å². The molecule has 2 N–H and O–H groups in total. The summed E-state index contributed by atoms with van der Waals surface area (Å²) in [6.07, 6.45) is 5.14. The minimum Gasteiger partial charge on any atom is -0.455 e. The number of hydrogen-bond donors (Lipinski definition) is 2. The molecule has 34 heavy (non-hydrogen) atoms. The van der Waals surface area contributed by atoms with E-state index in [0.29, 0.717) is 22.6 Å². The first-order valence-corrected chi connectivity index (χ1v) is 11.5. The molecule has 2 aromatic carbocycles. The molecule has 0 aliphatic carbocycles. The summed E-state index contributed by atoms with van der Waals surface area (Å²) in [6, 6.07) is 18.4. The molecular weight excluding hydrogens is 424 g/mol. The number of para-hydroxylation sites is 1. The summed E-state index contributed by atoms with van der Waals surface area (Å²) in [4.78, 5) is 17.5. The van der Waals surface area contributed by atoms with E-state index in [-0.39, 0.29) is 23.0 Å². The lowest BCUT2D eigenvalue weighted by Gasteiger charge is -2.46. The number of pyridine rings is 1. The van der Waals surface area contributed by atoms with E-state index in [1.807, 2.05) is 24.3 Å². The fraction of sp³-hybridized carbons (Fsp3) is 0.321. The lowest BCUT2D eigenvalue weighted by Crippen LogP contribution is -2.62. The van der Waals surface area contributed by atoms with Crippen molar-refractivity contribution in [1.82, 2.24) is 15.6 Å². The Morgan fingerprint density at radius 1 is 1.06 bits per heavy atom. The van der Waals surface area contributed by atoms with Crippen LogP contribution in [0.1, 0.15) is 56.5 Å². The number of carbonyl (C=O) groups excluding carboxylic acids is 1. The van der Waals surface area contributed by atoms with Gasteiger partial charge in [0.25, 0.3) is 5.91 Å². The van der Waals surface area contributed by atoms with Crippen molar-refractivity contribution >= 4 is 5.91 Å². The maximum Gasteiger partial charge on any atom is 0.251 e. The van der Waals surface area contributed by atoms with Gasteiger partial charge in [-0.2, -0.15) is 5.26 Å². The van der Waals surface area contributed by atoms with Crippen molar-refractivity contribution in [3.8, 4) is 28.7 Å². The van der Waals surface area contributed by atoms with E-state index in [4.69, 9.17) is 4.74 Å². The maximum atomic E-state index is 13.3. The second-order valence-corrected chi connectivity index (χ2v) is 10.1. The Kier molecular flexibility index (Phi) is 6.41. The summed E-state index contributed by atoms with van der Waals surface area (Å²) in [5, 5.41) is 16.3. The fourth-order valence-electron chi connectivity index (χ4n) is 4.97. The minimum atomic E-state index is -0.118. The van der Waals surface area contributed by atoms with Crippen LogP contribution in [-0.4, -0.2) is 28.0 Å². The molecule has 4 rings (SSSR count). The van der Waals surface area contributed by atoms with Gasteiger partial charge >= 0.3 is 0 Å². The molecule has 0 unspecified atom stereocenters. The monoisotopic (exact) mass is 454 g/mol. The Morgan fingerprint density at radius 3 is 2.47 bits per heavy atom. The van der Waals surface area contributed by atoms with Gasteiger partial charge in [-0.05, 0) is 76.9 Å². The van der Waals surface area contributed by atoms with Crippen LogP contribution in [0.5, 0.6) is 11.5 Å². The van der Waals surface area contributed by atoms with Crippen molar-refractivity contribution < 1.29 is 9.53 Å². The Bertz CT molecular complexity index is 1210. The van der Waals surface area contributed by atoms with Crippen LogP contribution in [0.15, 0.2) is 67.0 Å². The van der Waals surface area contributed by atoms with Gasteiger partial charge in [-0.1, -0.05) is 18.2 Å². The smallest absolute Gasteiger partial charge is 0.251 e. The van der Waals surface area contributed by atoms with E-state index < -0.39 is 0 Å². The third-order valence-corrected chi connectivity index (χ3v) is 5.97. The Morgan fingerprint density at radius 2 is 1.79 bits per heavy atom. The second-order valence-electron chi connectivity index (χ2n) is 10.1. The van der Waals surface area contributed by atoms with Crippen LogP contribution in [0.4, 0.5) is 0 Å². The van der Waals surface area contributed by atoms with Gasteiger partial charge in [-0.15, -0.1) is 0 Å². The molecule has 0 radical (unpaired) electrons. The highest BCUT2D eigenvalue weighted by Gasteiger charge is 2.38. The molecule has 6 nitrogen and oxygen atoms in total. The van der Waals surface area contributed by atoms with Crippen LogP contribution in [0, 0.1) is 11.3 Å². The van der Waals surface area contributed by atoms with Gasteiger partial charge in [0.15, 0.2) is 0 Å². The molecule has 6 heteroatoms. The number of hydrogen-bond acceptors (Lipinski definition) is 5. The van der Waals surface area contributed by atoms with E-state index in [0.717, 1.165) is 24.0 Å². The van der Waals surface area contributed by atoms with Crippen molar-refractivity contribution in [2.24, 2.45) is 0 Å². The summed E-state index contributed by atoms with van der Waals surface area (Å²) >= 11 is 0. The highest BCUT2D eigenvalue weighted by Crippen LogP contribution is 2.35. The first-order valence-electron chi connectivity index (χ1n) is 11.5. The van der Waals surface area contributed by atoms with E-state index in [2.05, 4.69) is 49.4 Å². The van der Waals surface area contributed by atoms with Crippen LogP contribution in [0.3, 0.4) is 0 Å². The molecule has 0 atom stereocenters. The van der Waals surface area contributed by atoms with E-state index >= 15 is 0 Å². The Hall–Kier alpha value is -3.69. The van der Waals surface area contributed by atoms with Crippen LogP contribution in [-0.2, 0) is 0 Å². The van der Waals surface area contributed by atoms with Crippen molar-refractivity contribution in [2.45, 2.75) is 57.7 Å². The lowest BCUT2D eigenvalue weighted by atomic mass is 9.79. The average molecular weight is 455 g/mol. The second kappa shape index (κ2) is 9.28. The molecule has 0 spiro atoms. The molecule has 174 valence electrons. The standard InChI is InChI=1S/C28H30N4O2/c1-27(2)15-22(16-28(3,4)32-27)31-26(33)19-11-12-25(23(14-19)21-9-7-13-30-18-21)34-24-10-6-5-8-20(24)17-29/h5-14,18,22,32H,15-16H2,1-4H3,(H,31,33). The van der Waals surface area contributed by atoms with Crippen molar-refractivity contribution in [3.05, 3.63) is 78.1 Å². The number of nitrogens with one attached hydrogen (secondary N) is 2. The molecule has 1 aliphatic rings. The normalized spacial score (nSPS) is 16.9. The maximum absolute atomic E-state index is 13.3. The molecule has 1 saturated heterocycles. The van der Waals surface area contributed by atoms with E-state index in [1.54, 1.807) is 42.7 Å². The molecule has 2 heterocycles. The number of ether oxygens (including phenoxy) is 1. The SMILES string of the molecule is CC1(C)CC(NC(=O)c2ccc(Oc3ccccc3C#N)c(-c3cccnc3)c2)CC(C)(C)N1. The first kappa shape index (κ1) is 23.5. The summed E-state index contributed by atoms with van der Waals surface area (Å²) < 4.78 is 6.13. The number of piperidine rings is 1. The highest BCUT2D eigenvalue weighted by atomic mass is 16.5. The first-order chi connectivity index (χ1) is 16.2. The van der Waals surface area contributed by atoms with Gasteiger partial charge in [0.05, 0.1) is 5.56 Å². The third-order valence-electron chi connectivity index (χ3n) is 5.97. The Labute approximate surface area is 201 Å². The molecular formula is C28H30N4O2. The van der Waals surface area contributed by atoms with Gasteiger partial charge in [-0.3, -0.25) is 9.78 Å². The molecule has 0 bridgehead atoms. The van der Waals surface area contributed by atoms with Crippen LogP contribution < -0.4 is 15.4 Å². The molecule has 0 saturated carbocycles. The van der Waals surface area contributed by atoms with Crippen LogP contribution in [0.25, 0.3) is 11.1 Å². The predicted molar refractivity (Wildman–Crippen MR) is 133 cm³/mol. The van der Waals surface area contributed by atoms with Gasteiger partial charge in [0.2, 0.25) is 0 Å². The molecule has 1 fully saturated rings. The van der Waals surface area contributed by atoms with Crippen molar-refractivity contribution in [2.75, 3.05) is 0 Å². The zero-order valence-electron chi connectivity index (χ0n) is 20.1. The van der Waals surface area contributed by atoms with E-state index in [9.17, 15) is 10.1 Å². The van der Waals surface area contributed by atoms with Crippen LogP contribution in [0.2, 0.25) is 0 Å². The number of nitrogens with zero attached hydrogens (tertiary/aromatic N) is 2. The molecule has 3 aromatic rings. The number of benzene rings is 2. The zero-order valence-corrected chi connectivity index (χ0v) is 20.1. The Balaban J connectivity index is 1.64. The van der Waals surface area contributed by atoms with Gasteiger partial charge < -0.3 is 15.4 Å². The quantitative estimate of drug-likeness (QED) is 0.535. The number of aromatic nitrogens is 1. The minimum absolute atomic E-state index is 0.0631. The lowest BCUT2D eigenvalue weighted by molar-refractivity contribution is 0.0873. The summed E-state index contributed by atoms with van der Waals surface area (Å²) in [7, 11) is 0. The fourth-order valence-corrected chi connectivity index (χ4v) is 4.97. The topological polar surface area (TPSA) is 87.0 Å². The summed E-state index contributed by atoms with van der Waals surface area (Å²) in [5.74, 6) is 0.899. The van der Waals surface area contributed by atoms with Gasteiger partial charge in [0.1, 0.15) is 17.6 Å². The molecule has 1 aliphatic heterocycles. The van der Waals surface area contributed by atoms with Crippen LogP contribution >= 0.6 is 0 Å². The highest BCUT2D eigenvalue weighted by molar-refractivity contribution is 5.96. The molecule has 1 amide bonds. The predicted octanol–water partition coefficient (Wildman–Crippen LogP) is 5.45. The molecule has 1 aromatic heterocycles. The number of rotatable bonds is 5. The number of carbonyl (C=O) groups is 1. The average Bonchev–Trinajstić information content (AvgIpc) is 2.78. The zero-order chi connectivity index (χ0) is 24.3. The largest absolute Gasteiger partial charge is 0.455 e. The third kappa shape index (κ3) is 5.44.